The molecule has 0 unspecified atom stereocenters. The summed E-state index contributed by atoms with van der Waals surface area (Å²) in [6.07, 6.45) is 1.04. The number of fused-ring (bicyclic) bond motifs is 1. The van der Waals surface area contributed by atoms with Crippen LogP contribution in [-0.4, -0.2) is 94.4 Å². The number of aromatic nitrogens is 4. The van der Waals surface area contributed by atoms with E-state index in [-0.39, 0.29) is 24.5 Å². The summed E-state index contributed by atoms with van der Waals surface area (Å²) in [4.78, 5) is 27.1. The van der Waals surface area contributed by atoms with Gasteiger partial charge in [-0.05, 0) is 20.9 Å². The molecule has 174 valence electrons. The van der Waals surface area contributed by atoms with Crippen LogP contribution in [0.4, 0.5) is 20.8 Å². The van der Waals surface area contributed by atoms with Crippen LogP contribution >= 0.6 is 0 Å². The number of H-pyrrole nitrogens is 1. The van der Waals surface area contributed by atoms with Crippen LogP contribution in [0.1, 0.15) is 25.1 Å². The van der Waals surface area contributed by atoms with Crippen molar-refractivity contribution in [1.29, 1.82) is 0 Å². The number of aromatic amines is 1. The highest BCUT2D eigenvalue weighted by Crippen LogP contribution is 2.41. The Morgan fingerprint density at radius 1 is 1.25 bits per heavy atom. The summed E-state index contributed by atoms with van der Waals surface area (Å²) in [5.41, 5.74) is 1.03. The lowest BCUT2D eigenvalue weighted by atomic mass is 10.0. The smallest absolute Gasteiger partial charge is 0.321 e. The molecule has 0 atom stereocenters. The minimum absolute atomic E-state index is 0.0132. The molecular weight excluding hydrogens is 419 g/mol. The normalized spacial score (nSPS) is 18.0. The van der Waals surface area contributed by atoms with Crippen LogP contribution < -0.4 is 10.1 Å². The fourth-order valence-electron chi connectivity index (χ4n) is 3.93. The Balaban J connectivity index is 1.52. The average molecular weight is 449 g/mol. The second-order valence-electron chi connectivity index (χ2n) is 8.46. The molecule has 1 fully saturated rings. The van der Waals surface area contributed by atoms with Crippen molar-refractivity contribution in [2.24, 2.45) is 0 Å². The molecule has 11 nitrogen and oxygen atoms in total. The van der Waals surface area contributed by atoms with E-state index in [2.05, 4.69) is 37.4 Å². The third-order valence-electron chi connectivity index (χ3n) is 5.95. The van der Waals surface area contributed by atoms with Crippen molar-refractivity contribution in [2.45, 2.75) is 25.9 Å². The summed E-state index contributed by atoms with van der Waals surface area (Å²) >= 11 is 0. The van der Waals surface area contributed by atoms with Crippen LogP contribution in [0.25, 0.3) is 0 Å². The Morgan fingerprint density at radius 3 is 2.72 bits per heavy atom. The van der Waals surface area contributed by atoms with Gasteiger partial charge in [-0.3, -0.25) is 5.10 Å². The van der Waals surface area contributed by atoms with E-state index in [0.29, 0.717) is 32.1 Å². The number of rotatable bonds is 6. The molecule has 1 saturated heterocycles. The molecule has 2 aromatic heterocycles. The highest BCUT2D eigenvalue weighted by molar-refractivity contribution is 5.77. The summed E-state index contributed by atoms with van der Waals surface area (Å²) in [6.45, 7) is 8.00. The van der Waals surface area contributed by atoms with Crippen molar-refractivity contribution < 1.29 is 18.7 Å². The number of hydrogen-bond donors (Lipinski definition) is 2. The topological polar surface area (TPSA) is 112 Å². The standard InChI is InChI=1S/C20H29FN8O3/c1-20(2)15-13(12-29(20)19(30)28-7-5-27(3)6-8-28)16(26-25-15)23-17-14(21)11-22-18(24-17)32-10-9-31-4/h11H,5-10,12H2,1-4H3,(H2,22,23,24,25,26). The molecule has 0 saturated carbocycles. The summed E-state index contributed by atoms with van der Waals surface area (Å²) in [5.74, 6) is -0.269. The molecular formula is C20H29FN8O3. The monoisotopic (exact) mass is 448 g/mol. The molecule has 2 aliphatic rings. The highest BCUT2D eigenvalue weighted by Gasteiger charge is 2.45. The Hall–Kier alpha value is -2.99. The molecule has 4 heterocycles. The lowest BCUT2D eigenvalue weighted by Gasteiger charge is -2.39. The second-order valence-corrected chi connectivity index (χ2v) is 8.46. The van der Waals surface area contributed by atoms with Crippen LogP contribution in [-0.2, 0) is 16.8 Å². The molecule has 12 heteroatoms. The van der Waals surface area contributed by atoms with E-state index in [4.69, 9.17) is 9.47 Å². The molecule has 0 aromatic carbocycles. The summed E-state index contributed by atoms with van der Waals surface area (Å²) < 4.78 is 24.6. The summed E-state index contributed by atoms with van der Waals surface area (Å²) in [6, 6.07) is 0.0195. The first-order valence-electron chi connectivity index (χ1n) is 10.6. The van der Waals surface area contributed by atoms with Crippen molar-refractivity contribution in [2.75, 3.05) is 58.9 Å². The van der Waals surface area contributed by atoms with E-state index in [1.807, 2.05) is 23.6 Å². The number of anilines is 2. The number of nitrogens with one attached hydrogen (secondary N) is 2. The van der Waals surface area contributed by atoms with Crippen LogP contribution in [0, 0.1) is 5.82 Å². The minimum atomic E-state index is -0.636. The first-order valence-corrected chi connectivity index (χ1v) is 10.6. The quantitative estimate of drug-likeness (QED) is 0.640. The number of hydrogen-bond acceptors (Lipinski definition) is 8. The van der Waals surface area contributed by atoms with E-state index >= 15 is 0 Å². The average Bonchev–Trinajstić information content (AvgIpc) is 3.28. The van der Waals surface area contributed by atoms with Crippen LogP contribution in [0.2, 0.25) is 0 Å². The van der Waals surface area contributed by atoms with Gasteiger partial charge in [-0.1, -0.05) is 0 Å². The molecule has 4 rings (SSSR count). The second kappa shape index (κ2) is 8.87. The molecule has 2 aromatic rings. The van der Waals surface area contributed by atoms with Gasteiger partial charge in [-0.15, -0.1) is 0 Å². The van der Waals surface area contributed by atoms with Gasteiger partial charge in [-0.2, -0.15) is 10.1 Å². The van der Waals surface area contributed by atoms with Crippen LogP contribution in [0.3, 0.4) is 0 Å². The Bertz CT molecular complexity index is 974. The molecule has 0 spiro atoms. The predicted octanol–water partition coefficient (Wildman–Crippen LogP) is 1.53. The fourth-order valence-corrected chi connectivity index (χ4v) is 3.93. The van der Waals surface area contributed by atoms with Gasteiger partial charge >= 0.3 is 12.0 Å². The molecule has 2 amide bonds. The van der Waals surface area contributed by atoms with Gasteiger partial charge in [0.1, 0.15) is 6.61 Å². The van der Waals surface area contributed by atoms with E-state index in [1.165, 1.54) is 0 Å². The number of carbonyl (C=O) groups excluding carboxylic acids is 1. The van der Waals surface area contributed by atoms with Gasteiger partial charge in [0.05, 0.1) is 30.6 Å². The van der Waals surface area contributed by atoms with Gasteiger partial charge in [0, 0.05) is 38.9 Å². The third-order valence-corrected chi connectivity index (χ3v) is 5.95. The molecule has 0 radical (unpaired) electrons. The van der Waals surface area contributed by atoms with E-state index in [0.717, 1.165) is 30.5 Å². The zero-order chi connectivity index (χ0) is 22.9. The maximum absolute atomic E-state index is 14.4. The van der Waals surface area contributed by atoms with Crippen molar-refractivity contribution in [3.63, 3.8) is 0 Å². The number of nitrogens with zero attached hydrogens (tertiary/aromatic N) is 6. The van der Waals surface area contributed by atoms with Crippen molar-refractivity contribution in [3.8, 4) is 6.01 Å². The number of likely N-dealkylation sites (N-methyl/N-ethyl adjacent to an activating group) is 1. The molecule has 0 aliphatic carbocycles. The Kier molecular flexibility index (Phi) is 6.15. The van der Waals surface area contributed by atoms with E-state index < -0.39 is 11.4 Å². The molecule has 0 bridgehead atoms. The lowest BCUT2D eigenvalue weighted by molar-refractivity contribution is 0.0881. The molecule has 32 heavy (non-hydrogen) atoms. The molecule has 2 aliphatic heterocycles. The number of piperazine rings is 1. The highest BCUT2D eigenvalue weighted by atomic mass is 19.1. The zero-order valence-corrected chi connectivity index (χ0v) is 18.8. The number of halogens is 1. The lowest BCUT2D eigenvalue weighted by Crippen LogP contribution is -2.54. The molecule has 2 N–H and O–H groups in total. The van der Waals surface area contributed by atoms with Gasteiger partial charge < -0.3 is 29.5 Å². The van der Waals surface area contributed by atoms with Gasteiger partial charge in [-0.25, -0.2) is 14.2 Å². The summed E-state index contributed by atoms with van der Waals surface area (Å²) in [7, 11) is 3.61. The fraction of sp³-hybridized carbons (Fsp3) is 0.600. The predicted molar refractivity (Wildman–Crippen MR) is 114 cm³/mol. The van der Waals surface area contributed by atoms with E-state index in [9.17, 15) is 9.18 Å². The number of amides is 2. The number of carbonyl (C=O) groups is 1. The number of methoxy groups -OCH3 is 1. The maximum atomic E-state index is 14.4. The van der Waals surface area contributed by atoms with Crippen LogP contribution in [0.15, 0.2) is 6.20 Å². The Labute approximate surface area is 185 Å². The van der Waals surface area contributed by atoms with E-state index in [1.54, 1.807) is 7.11 Å². The number of urea groups is 1. The van der Waals surface area contributed by atoms with Crippen molar-refractivity contribution >= 4 is 17.7 Å². The largest absolute Gasteiger partial charge is 0.461 e. The van der Waals surface area contributed by atoms with Gasteiger partial charge in [0.15, 0.2) is 17.5 Å². The van der Waals surface area contributed by atoms with Crippen molar-refractivity contribution in [3.05, 3.63) is 23.3 Å². The number of ether oxygens (including phenoxy) is 2. The minimum Gasteiger partial charge on any atom is -0.461 e. The van der Waals surface area contributed by atoms with Gasteiger partial charge in [0.2, 0.25) is 0 Å². The maximum Gasteiger partial charge on any atom is 0.321 e. The first kappa shape index (κ1) is 22.2. The zero-order valence-electron chi connectivity index (χ0n) is 18.8. The Morgan fingerprint density at radius 2 is 2.00 bits per heavy atom. The van der Waals surface area contributed by atoms with Crippen LogP contribution in [0.5, 0.6) is 6.01 Å². The summed E-state index contributed by atoms with van der Waals surface area (Å²) in [5, 5.41) is 10.3. The van der Waals surface area contributed by atoms with Gasteiger partial charge in [0.25, 0.3) is 0 Å². The SMILES string of the molecule is COCCOc1ncc(F)c(Nc2n[nH]c3c2CN(C(=O)N2CCN(C)CC2)C3(C)C)n1. The first-order chi connectivity index (χ1) is 15.3. The van der Waals surface area contributed by atoms with Crippen molar-refractivity contribution in [1.82, 2.24) is 34.9 Å². The third kappa shape index (κ3) is 4.19.